The Labute approximate surface area is 161 Å². The molecule has 6 heteroatoms. The average Bonchev–Trinajstić information content (AvgIpc) is 3.11. The number of H-pyrrole nitrogens is 1. The number of anilines is 1. The molecule has 0 radical (unpaired) electrons. The molecule has 3 rings (SSSR count). The Morgan fingerprint density at radius 1 is 1.22 bits per heavy atom. The topological polar surface area (TPSA) is 66.6 Å². The molecule has 148 valence electrons. The van der Waals surface area contributed by atoms with Gasteiger partial charge < -0.3 is 19.4 Å². The van der Waals surface area contributed by atoms with Gasteiger partial charge in [-0.05, 0) is 68.6 Å². The van der Waals surface area contributed by atoms with Crippen molar-refractivity contribution in [2.75, 3.05) is 44.8 Å². The maximum absolute atomic E-state index is 12.0. The zero-order valence-corrected chi connectivity index (χ0v) is 16.4. The molecule has 1 amide bonds. The number of benzene rings is 1. The summed E-state index contributed by atoms with van der Waals surface area (Å²) in [6.07, 6.45) is 5.01. The molecular weight excluding hydrogens is 342 g/mol. The van der Waals surface area contributed by atoms with Gasteiger partial charge in [-0.15, -0.1) is 0 Å². The molecular formula is C21H31N3O3. The third-order valence-corrected chi connectivity index (χ3v) is 5.24. The van der Waals surface area contributed by atoms with Crippen LogP contribution in [-0.4, -0.2) is 55.4 Å². The molecule has 6 nitrogen and oxygen atoms in total. The molecule has 1 aliphatic rings. The van der Waals surface area contributed by atoms with Crippen molar-refractivity contribution in [2.24, 2.45) is 0 Å². The third kappa shape index (κ3) is 5.23. The molecule has 0 spiro atoms. The molecule has 1 fully saturated rings. The zero-order valence-electron chi connectivity index (χ0n) is 16.4. The lowest BCUT2D eigenvalue weighted by atomic mass is 9.89. The van der Waals surface area contributed by atoms with E-state index >= 15 is 0 Å². The maximum Gasteiger partial charge on any atom is 0.411 e. The first-order chi connectivity index (χ1) is 13.2. The Morgan fingerprint density at radius 3 is 2.78 bits per heavy atom. The Bertz CT molecular complexity index is 735. The van der Waals surface area contributed by atoms with E-state index in [1.165, 1.54) is 23.8 Å². The summed E-state index contributed by atoms with van der Waals surface area (Å²) in [6, 6.07) is 5.96. The number of aromatic amines is 1. The van der Waals surface area contributed by atoms with Crippen LogP contribution in [0.3, 0.4) is 0 Å². The first kappa shape index (κ1) is 19.7. The SMILES string of the molecule is CCCOCCOC(=O)Nc1ccc2[nH]cc(C3CCN(CC)CC3)c2c1. The van der Waals surface area contributed by atoms with Gasteiger partial charge >= 0.3 is 6.09 Å². The molecule has 0 unspecified atom stereocenters. The number of carbonyl (C=O) groups is 1. The van der Waals surface area contributed by atoms with Crippen molar-refractivity contribution in [3.8, 4) is 0 Å². The van der Waals surface area contributed by atoms with E-state index < -0.39 is 6.09 Å². The Morgan fingerprint density at radius 2 is 2.04 bits per heavy atom. The van der Waals surface area contributed by atoms with E-state index in [1.807, 2.05) is 25.1 Å². The van der Waals surface area contributed by atoms with Crippen LogP contribution in [-0.2, 0) is 9.47 Å². The molecule has 2 heterocycles. The number of rotatable bonds is 8. The predicted octanol–water partition coefficient (Wildman–Crippen LogP) is 4.34. The molecule has 2 aromatic rings. The van der Waals surface area contributed by atoms with Gasteiger partial charge in [0.25, 0.3) is 0 Å². The van der Waals surface area contributed by atoms with Crippen LogP contribution in [0.25, 0.3) is 10.9 Å². The summed E-state index contributed by atoms with van der Waals surface area (Å²) in [4.78, 5) is 17.8. The first-order valence-corrected chi connectivity index (χ1v) is 10.1. The van der Waals surface area contributed by atoms with Crippen LogP contribution in [0.4, 0.5) is 10.5 Å². The summed E-state index contributed by atoms with van der Waals surface area (Å²) in [5, 5.41) is 4.01. The second kappa shape index (κ2) is 9.76. The molecule has 0 atom stereocenters. The van der Waals surface area contributed by atoms with Crippen LogP contribution < -0.4 is 5.32 Å². The molecule has 2 N–H and O–H groups in total. The minimum atomic E-state index is -0.442. The van der Waals surface area contributed by atoms with Gasteiger partial charge in [0.2, 0.25) is 0 Å². The molecule has 0 bridgehead atoms. The molecule has 27 heavy (non-hydrogen) atoms. The number of nitrogens with zero attached hydrogens (tertiary/aromatic N) is 1. The minimum Gasteiger partial charge on any atom is -0.447 e. The Kier molecular flexibility index (Phi) is 7.12. The van der Waals surface area contributed by atoms with Gasteiger partial charge in [0.15, 0.2) is 0 Å². The fraction of sp³-hybridized carbons (Fsp3) is 0.571. The number of carbonyl (C=O) groups excluding carboxylic acids is 1. The van der Waals surface area contributed by atoms with Gasteiger partial charge in [0, 0.05) is 29.4 Å². The number of hydrogen-bond donors (Lipinski definition) is 2. The third-order valence-electron chi connectivity index (χ3n) is 5.24. The van der Waals surface area contributed by atoms with Crippen molar-refractivity contribution < 1.29 is 14.3 Å². The fourth-order valence-electron chi connectivity index (χ4n) is 3.71. The van der Waals surface area contributed by atoms with Gasteiger partial charge in [0.1, 0.15) is 6.61 Å². The second-order valence-electron chi connectivity index (χ2n) is 7.09. The highest BCUT2D eigenvalue weighted by atomic mass is 16.6. The number of aromatic nitrogens is 1. The van der Waals surface area contributed by atoms with Gasteiger partial charge in [-0.25, -0.2) is 4.79 Å². The lowest BCUT2D eigenvalue weighted by Crippen LogP contribution is -2.32. The van der Waals surface area contributed by atoms with E-state index in [2.05, 4.69) is 28.3 Å². The number of hydrogen-bond acceptors (Lipinski definition) is 4. The van der Waals surface area contributed by atoms with Crippen LogP contribution in [0.1, 0.15) is 44.6 Å². The normalized spacial score (nSPS) is 15.9. The van der Waals surface area contributed by atoms with Crippen LogP contribution in [0, 0.1) is 0 Å². The standard InChI is InChI=1S/C21H31N3O3/c1-3-11-26-12-13-27-21(25)23-17-5-6-20-18(14-17)19(15-22-20)16-7-9-24(4-2)10-8-16/h5-6,14-16,22H,3-4,7-13H2,1-2H3,(H,23,25). The van der Waals surface area contributed by atoms with E-state index in [-0.39, 0.29) is 6.61 Å². The second-order valence-corrected chi connectivity index (χ2v) is 7.09. The summed E-state index contributed by atoms with van der Waals surface area (Å²) in [5.74, 6) is 0.569. The number of fused-ring (bicyclic) bond motifs is 1. The fourth-order valence-corrected chi connectivity index (χ4v) is 3.71. The van der Waals surface area contributed by atoms with E-state index in [0.717, 1.165) is 37.3 Å². The van der Waals surface area contributed by atoms with Crippen LogP contribution >= 0.6 is 0 Å². The van der Waals surface area contributed by atoms with Crippen molar-refractivity contribution in [2.45, 2.75) is 39.0 Å². The average molecular weight is 373 g/mol. The molecule has 0 aliphatic carbocycles. The van der Waals surface area contributed by atoms with Gasteiger partial charge in [-0.3, -0.25) is 5.32 Å². The predicted molar refractivity (Wildman–Crippen MR) is 108 cm³/mol. The summed E-state index contributed by atoms with van der Waals surface area (Å²) in [6.45, 7) is 9.08. The van der Waals surface area contributed by atoms with Crippen LogP contribution in [0.5, 0.6) is 0 Å². The molecule has 0 saturated carbocycles. The molecule has 1 aliphatic heterocycles. The number of ether oxygens (including phenoxy) is 2. The van der Waals surface area contributed by atoms with E-state index in [9.17, 15) is 4.79 Å². The monoisotopic (exact) mass is 373 g/mol. The van der Waals surface area contributed by atoms with Crippen LogP contribution in [0.2, 0.25) is 0 Å². The van der Waals surface area contributed by atoms with Crippen molar-refractivity contribution >= 4 is 22.7 Å². The van der Waals surface area contributed by atoms with Gasteiger partial charge in [-0.2, -0.15) is 0 Å². The molecule has 1 aromatic carbocycles. The largest absolute Gasteiger partial charge is 0.447 e. The highest BCUT2D eigenvalue weighted by Gasteiger charge is 2.22. The first-order valence-electron chi connectivity index (χ1n) is 10.1. The van der Waals surface area contributed by atoms with E-state index in [1.54, 1.807) is 0 Å². The number of amides is 1. The Balaban J connectivity index is 1.60. The minimum absolute atomic E-state index is 0.263. The summed E-state index contributed by atoms with van der Waals surface area (Å²) in [7, 11) is 0. The van der Waals surface area contributed by atoms with Crippen molar-refractivity contribution in [3.05, 3.63) is 30.0 Å². The zero-order chi connectivity index (χ0) is 19.1. The summed E-state index contributed by atoms with van der Waals surface area (Å²) < 4.78 is 10.5. The van der Waals surface area contributed by atoms with Gasteiger partial charge in [0.05, 0.1) is 6.61 Å². The number of piperidine rings is 1. The van der Waals surface area contributed by atoms with Crippen LogP contribution in [0.15, 0.2) is 24.4 Å². The molecule has 1 saturated heterocycles. The van der Waals surface area contributed by atoms with E-state index in [0.29, 0.717) is 19.1 Å². The van der Waals surface area contributed by atoms with E-state index in [4.69, 9.17) is 9.47 Å². The number of likely N-dealkylation sites (tertiary alicyclic amines) is 1. The molecule has 1 aromatic heterocycles. The van der Waals surface area contributed by atoms with Crippen molar-refractivity contribution in [3.63, 3.8) is 0 Å². The highest BCUT2D eigenvalue weighted by molar-refractivity contribution is 5.91. The quantitative estimate of drug-likeness (QED) is 0.676. The smallest absolute Gasteiger partial charge is 0.411 e. The summed E-state index contributed by atoms with van der Waals surface area (Å²) in [5.41, 5.74) is 3.22. The van der Waals surface area contributed by atoms with Gasteiger partial charge in [-0.1, -0.05) is 13.8 Å². The lowest BCUT2D eigenvalue weighted by Gasteiger charge is -2.30. The summed E-state index contributed by atoms with van der Waals surface area (Å²) >= 11 is 0. The Hall–Kier alpha value is -2.05. The highest BCUT2D eigenvalue weighted by Crippen LogP contribution is 2.34. The van der Waals surface area contributed by atoms with Crippen molar-refractivity contribution in [1.29, 1.82) is 0 Å². The van der Waals surface area contributed by atoms with Crippen molar-refractivity contribution in [1.82, 2.24) is 9.88 Å². The number of nitrogens with one attached hydrogen (secondary N) is 2. The lowest BCUT2D eigenvalue weighted by molar-refractivity contribution is 0.0786. The maximum atomic E-state index is 12.0.